The Morgan fingerprint density at radius 1 is 1.17 bits per heavy atom. The number of thiophene rings is 1. The molecule has 2 amide bonds. The van der Waals surface area contributed by atoms with Crippen molar-refractivity contribution in [2.75, 3.05) is 49.6 Å². The highest BCUT2D eigenvalue weighted by Crippen LogP contribution is 2.26. The van der Waals surface area contributed by atoms with Crippen LogP contribution < -0.4 is 10.2 Å². The lowest BCUT2D eigenvalue weighted by atomic mass is 10.0. The van der Waals surface area contributed by atoms with E-state index in [1.807, 2.05) is 42.6 Å². The van der Waals surface area contributed by atoms with Gasteiger partial charge in [0.1, 0.15) is 6.54 Å². The molecule has 7 heteroatoms. The van der Waals surface area contributed by atoms with E-state index in [0.717, 1.165) is 48.1 Å². The molecule has 1 N–H and O–H groups in total. The number of ether oxygens (including phenoxy) is 1. The standard InChI is InChI=1S/C22H29N3O3S/c1-4-24(22(27)21-19(16(2)3)9-14-29-21)15-20(26)23-17-5-7-18(8-6-17)25-10-12-28-13-11-25/h5-9,14,16H,4,10-13,15H2,1-3H3,(H,23,26). The highest BCUT2D eigenvalue weighted by Gasteiger charge is 2.22. The van der Waals surface area contributed by atoms with Gasteiger partial charge in [-0.05, 0) is 54.1 Å². The highest BCUT2D eigenvalue weighted by molar-refractivity contribution is 7.12. The van der Waals surface area contributed by atoms with Gasteiger partial charge in [-0.3, -0.25) is 9.59 Å². The molecule has 1 fully saturated rings. The average Bonchev–Trinajstić information content (AvgIpc) is 3.23. The van der Waals surface area contributed by atoms with Gasteiger partial charge in [0.15, 0.2) is 0 Å². The Balaban J connectivity index is 1.59. The number of likely N-dealkylation sites (N-methyl/N-ethyl adjacent to an activating group) is 1. The van der Waals surface area contributed by atoms with E-state index in [-0.39, 0.29) is 24.3 Å². The summed E-state index contributed by atoms with van der Waals surface area (Å²) in [6, 6.07) is 9.80. The molecule has 1 aliphatic rings. The SMILES string of the molecule is CCN(CC(=O)Nc1ccc(N2CCOCC2)cc1)C(=O)c1sccc1C(C)C. The summed E-state index contributed by atoms with van der Waals surface area (Å²) in [6.07, 6.45) is 0. The van der Waals surface area contributed by atoms with Crippen LogP contribution in [-0.2, 0) is 9.53 Å². The first kappa shape index (κ1) is 21.3. The summed E-state index contributed by atoms with van der Waals surface area (Å²) in [6.45, 7) is 9.79. The number of amides is 2. The van der Waals surface area contributed by atoms with Gasteiger partial charge in [0.05, 0.1) is 18.1 Å². The molecule has 156 valence electrons. The third-order valence-corrected chi connectivity index (χ3v) is 5.96. The Kier molecular flexibility index (Phi) is 7.28. The summed E-state index contributed by atoms with van der Waals surface area (Å²) < 4.78 is 5.38. The Morgan fingerprint density at radius 3 is 2.48 bits per heavy atom. The quantitative estimate of drug-likeness (QED) is 0.747. The Bertz CT molecular complexity index is 826. The van der Waals surface area contributed by atoms with Crippen LogP contribution in [0.2, 0.25) is 0 Å². The zero-order chi connectivity index (χ0) is 20.8. The van der Waals surface area contributed by atoms with Crippen LogP contribution in [0.4, 0.5) is 11.4 Å². The van der Waals surface area contributed by atoms with Crippen LogP contribution in [0.5, 0.6) is 0 Å². The van der Waals surface area contributed by atoms with Gasteiger partial charge in [-0.1, -0.05) is 13.8 Å². The molecular weight excluding hydrogens is 386 g/mol. The summed E-state index contributed by atoms with van der Waals surface area (Å²) in [4.78, 5) is 30.0. The zero-order valence-electron chi connectivity index (χ0n) is 17.3. The predicted molar refractivity (Wildman–Crippen MR) is 118 cm³/mol. The number of anilines is 2. The summed E-state index contributed by atoms with van der Waals surface area (Å²) in [5, 5.41) is 4.84. The summed E-state index contributed by atoms with van der Waals surface area (Å²) >= 11 is 1.44. The minimum absolute atomic E-state index is 0.0377. The lowest BCUT2D eigenvalue weighted by Crippen LogP contribution is -2.38. The molecular formula is C22H29N3O3S. The molecule has 0 unspecified atom stereocenters. The van der Waals surface area contributed by atoms with Gasteiger partial charge in [0.25, 0.3) is 5.91 Å². The second-order valence-electron chi connectivity index (χ2n) is 7.37. The van der Waals surface area contributed by atoms with Crippen LogP contribution in [0.1, 0.15) is 41.9 Å². The van der Waals surface area contributed by atoms with Crippen molar-refractivity contribution < 1.29 is 14.3 Å². The molecule has 2 heterocycles. The molecule has 2 aromatic rings. The van der Waals surface area contributed by atoms with Crippen molar-refractivity contribution in [2.24, 2.45) is 0 Å². The smallest absolute Gasteiger partial charge is 0.264 e. The third kappa shape index (κ3) is 5.36. The first-order chi connectivity index (χ1) is 14.0. The molecule has 0 saturated carbocycles. The van der Waals surface area contributed by atoms with Gasteiger partial charge >= 0.3 is 0 Å². The van der Waals surface area contributed by atoms with E-state index in [1.165, 1.54) is 11.3 Å². The van der Waals surface area contributed by atoms with Crippen LogP contribution >= 0.6 is 11.3 Å². The van der Waals surface area contributed by atoms with Gasteiger partial charge in [0.2, 0.25) is 5.91 Å². The Labute approximate surface area is 176 Å². The molecule has 3 rings (SSSR count). The monoisotopic (exact) mass is 415 g/mol. The Hall–Kier alpha value is -2.38. The number of hydrogen-bond donors (Lipinski definition) is 1. The average molecular weight is 416 g/mol. The first-order valence-electron chi connectivity index (χ1n) is 10.1. The lowest BCUT2D eigenvalue weighted by Gasteiger charge is -2.29. The summed E-state index contributed by atoms with van der Waals surface area (Å²) in [7, 11) is 0. The topological polar surface area (TPSA) is 61.9 Å². The third-order valence-electron chi connectivity index (χ3n) is 5.04. The number of carbonyl (C=O) groups is 2. The van der Waals surface area contributed by atoms with Crippen molar-refractivity contribution in [3.05, 3.63) is 46.2 Å². The molecule has 1 saturated heterocycles. The van der Waals surface area contributed by atoms with E-state index >= 15 is 0 Å². The van der Waals surface area contributed by atoms with Crippen LogP contribution in [0, 0.1) is 0 Å². The van der Waals surface area contributed by atoms with Crippen molar-refractivity contribution in [1.29, 1.82) is 0 Å². The number of nitrogens with zero attached hydrogens (tertiary/aromatic N) is 2. The van der Waals surface area contributed by atoms with Crippen molar-refractivity contribution >= 4 is 34.5 Å². The van der Waals surface area contributed by atoms with Gasteiger partial charge in [-0.2, -0.15) is 0 Å². The van der Waals surface area contributed by atoms with E-state index in [4.69, 9.17) is 4.74 Å². The normalized spacial score (nSPS) is 14.1. The summed E-state index contributed by atoms with van der Waals surface area (Å²) in [5.41, 5.74) is 2.89. The number of hydrogen-bond acceptors (Lipinski definition) is 5. The van der Waals surface area contributed by atoms with Crippen molar-refractivity contribution in [2.45, 2.75) is 26.7 Å². The molecule has 0 atom stereocenters. The maximum atomic E-state index is 12.9. The lowest BCUT2D eigenvalue weighted by molar-refractivity contribution is -0.116. The van der Waals surface area contributed by atoms with Gasteiger partial charge in [-0.15, -0.1) is 11.3 Å². The van der Waals surface area contributed by atoms with E-state index in [0.29, 0.717) is 6.54 Å². The van der Waals surface area contributed by atoms with Crippen LogP contribution in [0.25, 0.3) is 0 Å². The highest BCUT2D eigenvalue weighted by atomic mass is 32.1. The van der Waals surface area contributed by atoms with E-state index in [9.17, 15) is 9.59 Å². The molecule has 1 aromatic heterocycles. The maximum Gasteiger partial charge on any atom is 0.264 e. The van der Waals surface area contributed by atoms with E-state index < -0.39 is 0 Å². The maximum absolute atomic E-state index is 12.9. The number of rotatable bonds is 7. The number of carbonyl (C=O) groups excluding carboxylic acids is 2. The number of nitrogens with one attached hydrogen (secondary N) is 1. The van der Waals surface area contributed by atoms with Gasteiger partial charge in [-0.25, -0.2) is 0 Å². The second-order valence-corrected chi connectivity index (χ2v) is 8.29. The number of morpholine rings is 1. The van der Waals surface area contributed by atoms with Gasteiger partial charge in [0, 0.05) is 31.0 Å². The van der Waals surface area contributed by atoms with Crippen molar-refractivity contribution in [1.82, 2.24) is 4.90 Å². The fourth-order valence-electron chi connectivity index (χ4n) is 3.37. The predicted octanol–water partition coefficient (Wildman–Crippen LogP) is 3.81. The van der Waals surface area contributed by atoms with Crippen molar-refractivity contribution in [3.63, 3.8) is 0 Å². The van der Waals surface area contributed by atoms with Crippen LogP contribution in [0.3, 0.4) is 0 Å². The fraction of sp³-hybridized carbons (Fsp3) is 0.455. The zero-order valence-corrected chi connectivity index (χ0v) is 18.1. The van der Waals surface area contributed by atoms with Crippen LogP contribution in [0.15, 0.2) is 35.7 Å². The minimum Gasteiger partial charge on any atom is -0.378 e. The molecule has 1 aliphatic heterocycles. The number of benzene rings is 1. The minimum atomic E-state index is -0.193. The van der Waals surface area contributed by atoms with E-state index in [2.05, 4.69) is 24.1 Å². The molecule has 0 aliphatic carbocycles. The molecule has 1 aromatic carbocycles. The fourth-order valence-corrected chi connectivity index (χ4v) is 4.39. The second kappa shape index (κ2) is 9.89. The summed E-state index contributed by atoms with van der Waals surface area (Å²) in [5.74, 6) is 0.00343. The Morgan fingerprint density at radius 2 is 1.86 bits per heavy atom. The molecule has 0 spiro atoms. The molecule has 0 bridgehead atoms. The van der Waals surface area contributed by atoms with Gasteiger partial charge < -0.3 is 19.9 Å². The molecule has 6 nitrogen and oxygen atoms in total. The largest absolute Gasteiger partial charge is 0.378 e. The first-order valence-corrected chi connectivity index (χ1v) is 11.0. The van der Waals surface area contributed by atoms with E-state index in [1.54, 1.807) is 4.90 Å². The van der Waals surface area contributed by atoms with Crippen LogP contribution in [-0.4, -0.2) is 56.1 Å². The van der Waals surface area contributed by atoms with Crippen molar-refractivity contribution in [3.8, 4) is 0 Å². The molecule has 29 heavy (non-hydrogen) atoms. The molecule has 0 radical (unpaired) electrons.